The SMILES string of the molecule is CCNC(=NCc1cccc(OC)c1)NCC1(C(=O)N(C)C)CCCC1. The summed E-state index contributed by atoms with van der Waals surface area (Å²) >= 11 is 0. The number of amides is 1. The summed E-state index contributed by atoms with van der Waals surface area (Å²) in [6.45, 7) is 3.99. The Hall–Kier alpha value is -2.24. The van der Waals surface area contributed by atoms with E-state index in [9.17, 15) is 4.79 Å². The van der Waals surface area contributed by atoms with Crippen molar-refractivity contribution in [2.45, 2.75) is 39.2 Å². The molecule has 0 bridgehead atoms. The number of nitrogens with one attached hydrogen (secondary N) is 2. The standard InChI is InChI=1S/C20H32N4O2/c1-5-21-19(22-14-16-9-8-10-17(13-16)26-4)23-15-20(11-6-7-12-20)18(25)24(2)3/h8-10,13H,5-7,11-12,14-15H2,1-4H3,(H2,21,22,23). The third-order valence-electron chi connectivity index (χ3n) is 4.91. The molecule has 0 unspecified atom stereocenters. The number of benzene rings is 1. The normalized spacial score (nSPS) is 16.2. The Kier molecular flexibility index (Phi) is 7.30. The van der Waals surface area contributed by atoms with Crippen LogP contribution in [-0.4, -0.2) is 51.1 Å². The minimum absolute atomic E-state index is 0.214. The Morgan fingerprint density at radius 1 is 1.27 bits per heavy atom. The van der Waals surface area contributed by atoms with E-state index in [2.05, 4.69) is 15.6 Å². The van der Waals surface area contributed by atoms with Crippen LogP contribution in [0, 0.1) is 5.41 Å². The van der Waals surface area contributed by atoms with Crippen LogP contribution in [-0.2, 0) is 11.3 Å². The van der Waals surface area contributed by atoms with Gasteiger partial charge in [0.1, 0.15) is 5.75 Å². The van der Waals surface area contributed by atoms with Crippen LogP contribution < -0.4 is 15.4 Å². The van der Waals surface area contributed by atoms with E-state index in [-0.39, 0.29) is 11.3 Å². The summed E-state index contributed by atoms with van der Waals surface area (Å²) in [5.74, 6) is 1.79. The van der Waals surface area contributed by atoms with Gasteiger partial charge in [-0.1, -0.05) is 25.0 Å². The second-order valence-corrected chi connectivity index (χ2v) is 7.09. The third kappa shape index (κ3) is 5.13. The third-order valence-corrected chi connectivity index (χ3v) is 4.91. The van der Waals surface area contributed by atoms with Gasteiger partial charge in [0.25, 0.3) is 0 Å². The Labute approximate surface area is 157 Å². The fraction of sp³-hybridized carbons (Fsp3) is 0.600. The summed E-state index contributed by atoms with van der Waals surface area (Å²) in [5, 5.41) is 6.67. The molecular formula is C20H32N4O2. The molecule has 0 aliphatic heterocycles. The Morgan fingerprint density at radius 3 is 2.62 bits per heavy atom. The van der Waals surface area contributed by atoms with Gasteiger partial charge in [0.05, 0.1) is 19.1 Å². The van der Waals surface area contributed by atoms with Crippen LogP contribution in [0.25, 0.3) is 0 Å². The highest BCUT2D eigenvalue weighted by atomic mass is 16.5. The Morgan fingerprint density at radius 2 is 2.00 bits per heavy atom. The molecule has 1 amide bonds. The lowest BCUT2D eigenvalue weighted by Gasteiger charge is -2.31. The van der Waals surface area contributed by atoms with Crippen LogP contribution in [0.3, 0.4) is 0 Å². The quantitative estimate of drug-likeness (QED) is 0.579. The molecule has 2 N–H and O–H groups in total. The highest BCUT2D eigenvalue weighted by molar-refractivity contribution is 5.85. The summed E-state index contributed by atoms with van der Waals surface area (Å²) in [4.78, 5) is 19.1. The van der Waals surface area contributed by atoms with Gasteiger partial charge in [-0.15, -0.1) is 0 Å². The zero-order valence-electron chi connectivity index (χ0n) is 16.5. The van der Waals surface area contributed by atoms with Crippen molar-refractivity contribution in [2.24, 2.45) is 10.4 Å². The van der Waals surface area contributed by atoms with Gasteiger partial charge >= 0.3 is 0 Å². The molecule has 1 fully saturated rings. The zero-order chi connectivity index (χ0) is 19.0. The molecule has 2 rings (SSSR count). The maximum atomic E-state index is 12.7. The fourth-order valence-electron chi connectivity index (χ4n) is 3.53. The van der Waals surface area contributed by atoms with Crippen LogP contribution >= 0.6 is 0 Å². The molecule has 1 aliphatic carbocycles. The first-order valence-electron chi connectivity index (χ1n) is 9.37. The predicted molar refractivity (Wildman–Crippen MR) is 105 cm³/mol. The number of nitrogens with zero attached hydrogens (tertiary/aromatic N) is 2. The van der Waals surface area contributed by atoms with E-state index in [1.165, 1.54) is 0 Å². The molecule has 6 nitrogen and oxygen atoms in total. The molecular weight excluding hydrogens is 328 g/mol. The Balaban J connectivity index is 2.05. The molecule has 1 aromatic carbocycles. The molecule has 0 radical (unpaired) electrons. The van der Waals surface area contributed by atoms with Gasteiger partial charge in [0.15, 0.2) is 5.96 Å². The van der Waals surface area contributed by atoms with Crippen LogP contribution in [0.4, 0.5) is 0 Å². The number of carbonyl (C=O) groups is 1. The van der Waals surface area contributed by atoms with Crippen LogP contribution in [0.2, 0.25) is 0 Å². The molecule has 0 atom stereocenters. The van der Waals surface area contributed by atoms with Gasteiger partial charge in [-0.25, -0.2) is 4.99 Å². The van der Waals surface area contributed by atoms with Gasteiger partial charge < -0.3 is 20.3 Å². The molecule has 1 aliphatic rings. The summed E-state index contributed by atoms with van der Waals surface area (Å²) < 4.78 is 5.26. The number of guanidine groups is 1. The van der Waals surface area contributed by atoms with Crippen molar-refractivity contribution in [3.63, 3.8) is 0 Å². The molecule has 1 saturated carbocycles. The summed E-state index contributed by atoms with van der Waals surface area (Å²) in [7, 11) is 5.34. The van der Waals surface area contributed by atoms with Gasteiger partial charge in [-0.2, -0.15) is 0 Å². The van der Waals surface area contributed by atoms with E-state index in [4.69, 9.17) is 4.74 Å². The summed E-state index contributed by atoms with van der Waals surface area (Å²) in [6, 6.07) is 7.91. The van der Waals surface area contributed by atoms with Crippen LogP contribution in [0.5, 0.6) is 5.75 Å². The maximum Gasteiger partial charge on any atom is 0.230 e. The van der Waals surface area contributed by atoms with Gasteiger partial charge in [-0.05, 0) is 37.5 Å². The van der Waals surface area contributed by atoms with Gasteiger partial charge in [-0.3, -0.25) is 4.79 Å². The second kappa shape index (κ2) is 9.46. The van der Waals surface area contributed by atoms with Crippen molar-refractivity contribution in [1.82, 2.24) is 15.5 Å². The maximum absolute atomic E-state index is 12.7. The molecule has 6 heteroatoms. The van der Waals surface area contributed by atoms with Crippen LogP contribution in [0.1, 0.15) is 38.2 Å². The molecule has 0 spiro atoms. The lowest BCUT2D eigenvalue weighted by atomic mass is 9.84. The van der Waals surface area contributed by atoms with Gasteiger partial charge in [0.2, 0.25) is 5.91 Å². The van der Waals surface area contributed by atoms with Crippen molar-refractivity contribution >= 4 is 11.9 Å². The molecule has 0 aromatic heterocycles. The van der Waals surface area contributed by atoms with Crippen molar-refractivity contribution in [1.29, 1.82) is 0 Å². The average Bonchev–Trinajstić information content (AvgIpc) is 3.13. The first kappa shape index (κ1) is 20.1. The first-order chi connectivity index (χ1) is 12.5. The molecule has 1 aromatic rings. The average molecular weight is 361 g/mol. The van der Waals surface area contributed by atoms with E-state index < -0.39 is 0 Å². The summed E-state index contributed by atoms with van der Waals surface area (Å²) in [5.41, 5.74) is 0.775. The second-order valence-electron chi connectivity index (χ2n) is 7.09. The number of carbonyl (C=O) groups excluding carboxylic acids is 1. The molecule has 144 valence electrons. The molecule has 26 heavy (non-hydrogen) atoms. The van der Waals surface area contributed by atoms with Crippen molar-refractivity contribution in [3.05, 3.63) is 29.8 Å². The van der Waals surface area contributed by atoms with Crippen molar-refractivity contribution in [3.8, 4) is 5.75 Å². The smallest absolute Gasteiger partial charge is 0.230 e. The topological polar surface area (TPSA) is 66.0 Å². The lowest BCUT2D eigenvalue weighted by Crippen LogP contribution is -2.49. The number of aliphatic imine (C=N–C) groups is 1. The van der Waals surface area contributed by atoms with E-state index >= 15 is 0 Å². The summed E-state index contributed by atoms with van der Waals surface area (Å²) in [6.07, 6.45) is 4.09. The van der Waals surface area contributed by atoms with E-state index in [0.29, 0.717) is 13.1 Å². The zero-order valence-corrected chi connectivity index (χ0v) is 16.5. The lowest BCUT2D eigenvalue weighted by molar-refractivity contribution is -0.138. The number of ether oxygens (including phenoxy) is 1. The molecule has 0 saturated heterocycles. The molecule has 0 heterocycles. The van der Waals surface area contributed by atoms with E-state index in [1.54, 1.807) is 12.0 Å². The fourth-order valence-corrected chi connectivity index (χ4v) is 3.53. The first-order valence-corrected chi connectivity index (χ1v) is 9.37. The largest absolute Gasteiger partial charge is 0.497 e. The highest BCUT2D eigenvalue weighted by Gasteiger charge is 2.42. The Bertz CT molecular complexity index is 622. The number of hydrogen-bond acceptors (Lipinski definition) is 3. The van der Waals surface area contributed by atoms with Crippen molar-refractivity contribution in [2.75, 3.05) is 34.3 Å². The monoisotopic (exact) mass is 360 g/mol. The number of hydrogen-bond donors (Lipinski definition) is 2. The van der Waals surface area contributed by atoms with E-state index in [1.807, 2.05) is 45.3 Å². The van der Waals surface area contributed by atoms with Crippen molar-refractivity contribution < 1.29 is 9.53 Å². The number of methoxy groups -OCH3 is 1. The number of rotatable bonds is 7. The minimum Gasteiger partial charge on any atom is -0.497 e. The predicted octanol–water partition coefficient (Wildman–Crippen LogP) is 2.40. The minimum atomic E-state index is -0.310. The van der Waals surface area contributed by atoms with Crippen LogP contribution in [0.15, 0.2) is 29.3 Å². The highest BCUT2D eigenvalue weighted by Crippen LogP contribution is 2.38. The van der Waals surface area contributed by atoms with Gasteiger partial charge in [0, 0.05) is 27.2 Å². The van der Waals surface area contributed by atoms with E-state index in [0.717, 1.165) is 49.5 Å².